The van der Waals surface area contributed by atoms with E-state index in [2.05, 4.69) is 6.07 Å². The lowest BCUT2D eigenvalue weighted by Crippen LogP contribution is -1.96. The minimum Gasteiger partial charge on any atom is -0.487 e. The smallest absolute Gasteiger partial charge is 0.310 e. The molecule has 1 rings (SSSR count). The molecule has 1 radical (unpaired) electrons. The molecule has 4 nitrogen and oxygen atoms in total. The van der Waals surface area contributed by atoms with Gasteiger partial charge in [0.25, 0.3) is 0 Å². The van der Waals surface area contributed by atoms with Gasteiger partial charge in [0.05, 0.1) is 11.5 Å². The van der Waals surface area contributed by atoms with Gasteiger partial charge in [-0.15, -0.1) is 0 Å². The Morgan fingerprint density at radius 3 is 3.08 bits per heavy atom. The molecule has 12 heavy (non-hydrogen) atoms. The predicted octanol–water partition coefficient (Wildman–Crippen LogP) is 1.79. The van der Waals surface area contributed by atoms with Crippen molar-refractivity contribution in [1.29, 1.82) is 0 Å². The summed E-state index contributed by atoms with van der Waals surface area (Å²) in [5.74, 6) is 0.269. The molecule has 0 aromatic heterocycles. The second-order valence-electron chi connectivity index (χ2n) is 2.08. The molecule has 1 aromatic carbocycles. The van der Waals surface area contributed by atoms with Crippen molar-refractivity contribution < 1.29 is 9.66 Å². The van der Waals surface area contributed by atoms with E-state index in [1.165, 1.54) is 18.2 Å². The molecule has 0 bridgehead atoms. The number of nitro groups is 1. The first kappa shape index (κ1) is 8.52. The molecular formula is C8H8NO3. The maximum Gasteiger partial charge on any atom is 0.310 e. The highest BCUT2D eigenvalue weighted by atomic mass is 16.6. The SMILES string of the molecule is CCOc1c[c]ccc1[N+](=O)[O-]. The van der Waals surface area contributed by atoms with Crippen LogP contribution in [0.25, 0.3) is 0 Å². The molecule has 0 aliphatic carbocycles. The van der Waals surface area contributed by atoms with Crippen molar-refractivity contribution in [3.63, 3.8) is 0 Å². The van der Waals surface area contributed by atoms with E-state index in [1.54, 1.807) is 6.92 Å². The van der Waals surface area contributed by atoms with Gasteiger partial charge in [0.2, 0.25) is 0 Å². The Hall–Kier alpha value is -1.58. The third-order valence-electron chi connectivity index (χ3n) is 1.30. The van der Waals surface area contributed by atoms with Gasteiger partial charge in [-0.1, -0.05) is 0 Å². The maximum absolute atomic E-state index is 10.4. The summed E-state index contributed by atoms with van der Waals surface area (Å²) in [7, 11) is 0. The minimum absolute atomic E-state index is 0.0180. The third kappa shape index (κ3) is 1.72. The minimum atomic E-state index is -0.473. The van der Waals surface area contributed by atoms with Crippen LogP contribution < -0.4 is 4.74 Å². The fourth-order valence-electron chi connectivity index (χ4n) is 0.829. The van der Waals surface area contributed by atoms with Gasteiger partial charge in [0.15, 0.2) is 5.75 Å². The van der Waals surface area contributed by atoms with Crippen molar-refractivity contribution in [1.82, 2.24) is 0 Å². The fourth-order valence-corrected chi connectivity index (χ4v) is 0.829. The van der Waals surface area contributed by atoms with E-state index in [0.717, 1.165) is 0 Å². The van der Waals surface area contributed by atoms with Crippen molar-refractivity contribution >= 4 is 5.69 Å². The highest BCUT2D eigenvalue weighted by Gasteiger charge is 2.12. The topological polar surface area (TPSA) is 52.4 Å². The summed E-state index contributed by atoms with van der Waals surface area (Å²) in [4.78, 5) is 9.93. The van der Waals surface area contributed by atoms with E-state index >= 15 is 0 Å². The zero-order valence-electron chi connectivity index (χ0n) is 6.61. The predicted molar refractivity (Wildman–Crippen MR) is 43.1 cm³/mol. The molecule has 0 aliphatic heterocycles. The van der Waals surface area contributed by atoms with Crippen LogP contribution in [0, 0.1) is 16.2 Å². The normalized spacial score (nSPS) is 9.42. The van der Waals surface area contributed by atoms with Crippen molar-refractivity contribution in [3.8, 4) is 5.75 Å². The van der Waals surface area contributed by atoms with Gasteiger partial charge in [-0.3, -0.25) is 10.1 Å². The maximum atomic E-state index is 10.4. The van der Waals surface area contributed by atoms with Gasteiger partial charge < -0.3 is 4.74 Å². The summed E-state index contributed by atoms with van der Waals surface area (Å²) in [5.41, 5.74) is -0.0180. The highest BCUT2D eigenvalue weighted by Crippen LogP contribution is 2.25. The number of nitro benzene ring substituents is 1. The Morgan fingerprint density at radius 1 is 1.75 bits per heavy atom. The van der Waals surface area contributed by atoms with Crippen LogP contribution in [0.5, 0.6) is 5.75 Å². The van der Waals surface area contributed by atoms with Crippen LogP contribution in [0.15, 0.2) is 18.2 Å². The van der Waals surface area contributed by atoms with Gasteiger partial charge in [0.1, 0.15) is 0 Å². The molecule has 0 N–H and O–H groups in total. The molecule has 0 unspecified atom stereocenters. The summed E-state index contributed by atoms with van der Waals surface area (Å²) in [6.07, 6.45) is 0. The quantitative estimate of drug-likeness (QED) is 0.508. The zero-order valence-corrected chi connectivity index (χ0v) is 6.61. The molecule has 0 fully saturated rings. The summed E-state index contributed by atoms with van der Waals surface area (Å²) in [5, 5.41) is 10.4. The average molecular weight is 166 g/mol. The van der Waals surface area contributed by atoms with Crippen LogP contribution in [-0.4, -0.2) is 11.5 Å². The second kappa shape index (κ2) is 3.71. The Bertz CT molecular complexity index is 285. The lowest BCUT2D eigenvalue weighted by molar-refractivity contribution is -0.385. The number of benzene rings is 1. The number of nitrogens with zero attached hydrogens (tertiary/aromatic N) is 1. The first-order chi connectivity index (χ1) is 5.75. The van der Waals surface area contributed by atoms with Crippen molar-refractivity contribution in [3.05, 3.63) is 34.4 Å². The van der Waals surface area contributed by atoms with Crippen molar-refractivity contribution in [2.24, 2.45) is 0 Å². The molecule has 0 saturated heterocycles. The second-order valence-corrected chi connectivity index (χ2v) is 2.08. The molecule has 0 amide bonds. The van der Waals surface area contributed by atoms with Gasteiger partial charge in [-0.2, -0.15) is 0 Å². The van der Waals surface area contributed by atoms with Crippen LogP contribution in [-0.2, 0) is 0 Å². The van der Waals surface area contributed by atoms with Crippen LogP contribution in [0.1, 0.15) is 6.92 Å². The summed E-state index contributed by atoms with van der Waals surface area (Å²) in [6.45, 7) is 2.19. The molecule has 1 aromatic rings. The lowest BCUT2D eigenvalue weighted by atomic mass is 10.3. The number of ether oxygens (including phenoxy) is 1. The molecule has 0 atom stereocenters. The Morgan fingerprint density at radius 2 is 2.50 bits per heavy atom. The van der Waals surface area contributed by atoms with Gasteiger partial charge in [-0.25, -0.2) is 0 Å². The highest BCUT2D eigenvalue weighted by molar-refractivity contribution is 5.45. The van der Waals surface area contributed by atoms with Crippen LogP contribution in [0.4, 0.5) is 5.69 Å². The van der Waals surface area contributed by atoms with E-state index in [9.17, 15) is 10.1 Å². The number of rotatable bonds is 3. The van der Waals surface area contributed by atoms with E-state index in [-0.39, 0.29) is 11.4 Å². The summed E-state index contributed by atoms with van der Waals surface area (Å²) in [6, 6.07) is 7.02. The molecular weight excluding hydrogens is 158 g/mol. The molecule has 4 heteroatoms. The molecule has 63 valence electrons. The Kier molecular flexibility index (Phi) is 2.63. The van der Waals surface area contributed by atoms with E-state index in [1.807, 2.05) is 0 Å². The molecule has 0 heterocycles. The molecule has 0 aliphatic rings. The number of hydrogen-bond donors (Lipinski definition) is 0. The first-order valence-corrected chi connectivity index (χ1v) is 3.53. The molecule has 0 saturated carbocycles. The van der Waals surface area contributed by atoms with Gasteiger partial charge in [-0.05, 0) is 25.1 Å². The summed E-state index contributed by atoms with van der Waals surface area (Å²) < 4.78 is 5.03. The van der Waals surface area contributed by atoms with Gasteiger partial charge in [0, 0.05) is 6.07 Å². The zero-order chi connectivity index (χ0) is 8.97. The van der Waals surface area contributed by atoms with E-state index in [4.69, 9.17) is 4.74 Å². The van der Waals surface area contributed by atoms with Crippen molar-refractivity contribution in [2.75, 3.05) is 6.61 Å². The first-order valence-electron chi connectivity index (χ1n) is 3.53. The van der Waals surface area contributed by atoms with Crippen LogP contribution in [0.2, 0.25) is 0 Å². The third-order valence-corrected chi connectivity index (χ3v) is 1.30. The van der Waals surface area contributed by atoms with Gasteiger partial charge >= 0.3 is 5.69 Å². The monoisotopic (exact) mass is 166 g/mol. The van der Waals surface area contributed by atoms with E-state index < -0.39 is 4.92 Å². The number of hydrogen-bond acceptors (Lipinski definition) is 3. The summed E-state index contributed by atoms with van der Waals surface area (Å²) >= 11 is 0. The lowest BCUT2D eigenvalue weighted by Gasteiger charge is -2.01. The standard InChI is InChI=1S/C8H8NO3/c1-2-12-8-6-4-3-5-7(8)9(10)11/h3,5-6H,2H2,1H3. The van der Waals surface area contributed by atoms with Crippen LogP contribution in [0.3, 0.4) is 0 Å². The fraction of sp³-hybridized carbons (Fsp3) is 0.250. The van der Waals surface area contributed by atoms with Crippen molar-refractivity contribution in [2.45, 2.75) is 6.92 Å². The van der Waals surface area contributed by atoms with Crippen LogP contribution >= 0.6 is 0 Å². The van der Waals surface area contributed by atoms with E-state index in [0.29, 0.717) is 6.61 Å². The average Bonchev–Trinajstić information content (AvgIpc) is 2.05. The Balaban J connectivity index is 3.00. The molecule has 0 spiro atoms. The largest absolute Gasteiger partial charge is 0.487 e. The Labute approximate surface area is 69.9 Å².